The maximum atomic E-state index is 13.1. The third kappa shape index (κ3) is 4.02. The van der Waals surface area contributed by atoms with E-state index in [2.05, 4.69) is 26.1 Å². The molecule has 0 spiro atoms. The fourth-order valence-electron chi connectivity index (χ4n) is 2.86. The summed E-state index contributed by atoms with van der Waals surface area (Å²) in [4.78, 5) is 0. The summed E-state index contributed by atoms with van der Waals surface area (Å²) in [7, 11) is 0. The van der Waals surface area contributed by atoms with Crippen molar-refractivity contribution in [1.82, 2.24) is 5.32 Å². The number of hydrogen-bond acceptors (Lipinski definition) is 2. The van der Waals surface area contributed by atoms with Crippen LogP contribution in [0.5, 0.6) is 0 Å². The monoisotopic (exact) mass is 265 g/mol. The first-order chi connectivity index (χ1) is 8.85. The first-order valence-corrected chi connectivity index (χ1v) is 7.05. The van der Waals surface area contributed by atoms with Crippen LogP contribution < -0.4 is 5.32 Å². The van der Waals surface area contributed by atoms with Crippen LogP contribution in [0.15, 0.2) is 18.2 Å². The zero-order chi connectivity index (χ0) is 14.0. The number of benzene rings is 1. The molecule has 0 heterocycles. The molecule has 0 saturated heterocycles. The van der Waals surface area contributed by atoms with E-state index in [4.69, 9.17) is 0 Å². The highest BCUT2D eigenvalue weighted by molar-refractivity contribution is 5.34. The highest BCUT2D eigenvalue weighted by Gasteiger charge is 2.24. The van der Waals surface area contributed by atoms with Crippen molar-refractivity contribution in [3.63, 3.8) is 0 Å². The molecule has 1 aliphatic carbocycles. The number of aliphatic hydroxyl groups is 1. The van der Waals surface area contributed by atoms with Crippen molar-refractivity contribution in [2.75, 3.05) is 6.54 Å². The molecule has 1 aliphatic rings. The van der Waals surface area contributed by atoms with Gasteiger partial charge in [0.1, 0.15) is 5.82 Å². The van der Waals surface area contributed by atoms with Crippen LogP contribution in [-0.4, -0.2) is 17.8 Å². The average molecular weight is 265 g/mol. The first-order valence-electron chi connectivity index (χ1n) is 7.05. The van der Waals surface area contributed by atoms with Crippen LogP contribution in [-0.2, 0) is 6.42 Å². The van der Waals surface area contributed by atoms with Crippen molar-refractivity contribution in [1.29, 1.82) is 0 Å². The molecule has 3 heteroatoms. The lowest BCUT2D eigenvalue weighted by Gasteiger charge is -2.24. The van der Waals surface area contributed by atoms with Gasteiger partial charge < -0.3 is 10.4 Å². The molecule has 0 saturated carbocycles. The number of nitrogens with one attached hydrogen (secondary N) is 1. The molecule has 0 bridgehead atoms. The second kappa shape index (κ2) is 5.59. The highest BCUT2D eigenvalue weighted by atomic mass is 19.1. The average Bonchev–Trinajstić information content (AvgIpc) is 2.66. The molecule has 0 fully saturated rings. The van der Waals surface area contributed by atoms with E-state index >= 15 is 0 Å². The molecule has 2 unspecified atom stereocenters. The van der Waals surface area contributed by atoms with Crippen LogP contribution in [0.3, 0.4) is 0 Å². The molecule has 2 nitrogen and oxygen atoms in total. The van der Waals surface area contributed by atoms with Crippen molar-refractivity contribution >= 4 is 0 Å². The smallest absolute Gasteiger partial charge is 0.123 e. The topological polar surface area (TPSA) is 32.3 Å². The molecule has 19 heavy (non-hydrogen) atoms. The van der Waals surface area contributed by atoms with E-state index in [-0.39, 0.29) is 23.4 Å². The van der Waals surface area contributed by atoms with Gasteiger partial charge in [0.05, 0.1) is 6.10 Å². The van der Waals surface area contributed by atoms with Gasteiger partial charge in [-0.15, -0.1) is 0 Å². The summed E-state index contributed by atoms with van der Waals surface area (Å²) in [5.74, 6) is -0.160. The predicted molar refractivity (Wildman–Crippen MR) is 75.5 cm³/mol. The van der Waals surface area contributed by atoms with Gasteiger partial charge in [0.2, 0.25) is 0 Å². The van der Waals surface area contributed by atoms with Gasteiger partial charge in [0.15, 0.2) is 0 Å². The molecular formula is C16H24FNO. The van der Waals surface area contributed by atoms with Crippen molar-refractivity contribution < 1.29 is 9.50 Å². The van der Waals surface area contributed by atoms with Crippen LogP contribution in [0.25, 0.3) is 0 Å². The van der Waals surface area contributed by atoms with Crippen molar-refractivity contribution in [2.24, 2.45) is 5.41 Å². The maximum absolute atomic E-state index is 13.1. The lowest BCUT2D eigenvalue weighted by Crippen LogP contribution is -2.32. The Balaban J connectivity index is 1.89. The molecule has 1 aromatic rings. The molecule has 0 aromatic heterocycles. The largest absolute Gasteiger partial charge is 0.392 e. The lowest BCUT2D eigenvalue weighted by molar-refractivity contribution is 0.116. The van der Waals surface area contributed by atoms with Gasteiger partial charge in [0.25, 0.3) is 0 Å². The van der Waals surface area contributed by atoms with Gasteiger partial charge in [-0.25, -0.2) is 4.39 Å². The van der Waals surface area contributed by atoms with E-state index in [9.17, 15) is 9.50 Å². The molecular weight excluding hydrogens is 241 g/mol. The van der Waals surface area contributed by atoms with E-state index < -0.39 is 0 Å². The summed E-state index contributed by atoms with van der Waals surface area (Å²) < 4.78 is 13.1. The van der Waals surface area contributed by atoms with E-state index in [0.717, 1.165) is 24.8 Å². The second-order valence-electron chi connectivity index (χ2n) is 6.76. The van der Waals surface area contributed by atoms with Gasteiger partial charge in [-0.1, -0.05) is 26.8 Å². The van der Waals surface area contributed by atoms with Crippen molar-refractivity contribution in [3.8, 4) is 0 Å². The van der Waals surface area contributed by atoms with Gasteiger partial charge in [-0.05, 0) is 47.9 Å². The fourth-order valence-corrected chi connectivity index (χ4v) is 2.86. The number of aliphatic hydroxyl groups excluding tert-OH is 1. The third-order valence-electron chi connectivity index (χ3n) is 3.63. The van der Waals surface area contributed by atoms with Gasteiger partial charge >= 0.3 is 0 Å². The summed E-state index contributed by atoms with van der Waals surface area (Å²) in [6.45, 7) is 6.98. The van der Waals surface area contributed by atoms with E-state index in [1.807, 2.05) is 6.07 Å². The Morgan fingerprint density at radius 2 is 2.16 bits per heavy atom. The molecule has 0 radical (unpaired) electrons. The number of fused-ring (bicyclic) bond motifs is 1. The summed E-state index contributed by atoms with van der Waals surface area (Å²) in [5.41, 5.74) is 2.42. The number of halogens is 1. The Hall–Kier alpha value is -0.930. The minimum Gasteiger partial charge on any atom is -0.392 e. The SMILES string of the molecule is CC(C)(C)CC(O)CNC1CCc2cc(F)ccc21. The Bertz CT molecular complexity index is 439. The molecule has 106 valence electrons. The fraction of sp³-hybridized carbons (Fsp3) is 0.625. The minimum absolute atomic E-state index is 0.137. The maximum Gasteiger partial charge on any atom is 0.123 e. The minimum atomic E-state index is -0.329. The van der Waals surface area contributed by atoms with Crippen LogP contribution in [0.1, 0.15) is 50.8 Å². The van der Waals surface area contributed by atoms with E-state index in [1.165, 1.54) is 11.6 Å². The molecule has 2 rings (SSSR count). The molecule has 2 N–H and O–H groups in total. The van der Waals surface area contributed by atoms with Crippen LogP contribution in [0, 0.1) is 11.2 Å². The molecule has 1 aromatic carbocycles. The second-order valence-corrected chi connectivity index (χ2v) is 6.76. The van der Waals surface area contributed by atoms with Crippen LogP contribution in [0.4, 0.5) is 4.39 Å². The van der Waals surface area contributed by atoms with Crippen molar-refractivity contribution in [3.05, 3.63) is 35.1 Å². The molecule has 2 atom stereocenters. The highest BCUT2D eigenvalue weighted by Crippen LogP contribution is 2.31. The molecule has 0 amide bonds. The summed E-state index contributed by atoms with van der Waals surface area (Å²) in [6.07, 6.45) is 2.36. The number of rotatable bonds is 4. The normalized spacial score (nSPS) is 20.4. The summed E-state index contributed by atoms with van der Waals surface area (Å²) in [5, 5.41) is 13.4. The Kier molecular flexibility index (Phi) is 4.26. The quantitative estimate of drug-likeness (QED) is 0.876. The summed E-state index contributed by atoms with van der Waals surface area (Å²) in [6, 6.07) is 5.27. The number of aryl methyl sites for hydroxylation is 1. The zero-order valence-electron chi connectivity index (χ0n) is 12.0. The standard InChI is InChI=1S/C16H24FNO/c1-16(2,3)9-13(19)10-18-15-7-4-11-8-12(17)5-6-14(11)15/h5-6,8,13,15,18-19H,4,7,9-10H2,1-3H3. The zero-order valence-corrected chi connectivity index (χ0v) is 12.0. The Labute approximate surface area is 115 Å². The first kappa shape index (κ1) is 14.5. The van der Waals surface area contributed by atoms with Gasteiger partial charge in [-0.3, -0.25) is 0 Å². The third-order valence-corrected chi connectivity index (χ3v) is 3.63. The Morgan fingerprint density at radius 1 is 1.42 bits per heavy atom. The van der Waals surface area contributed by atoms with E-state index in [0.29, 0.717) is 6.54 Å². The Morgan fingerprint density at radius 3 is 2.84 bits per heavy atom. The predicted octanol–water partition coefficient (Wildman–Crippen LogP) is 3.20. The van der Waals surface area contributed by atoms with Gasteiger partial charge in [0, 0.05) is 12.6 Å². The number of hydrogen-bond donors (Lipinski definition) is 2. The molecule has 0 aliphatic heterocycles. The lowest BCUT2D eigenvalue weighted by atomic mass is 9.89. The van der Waals surface area contributed by atoms with Crippen LogP contribution >= 0.6 is 0 Å². The van der Waals surface area contributed by atoms with E-state index in [1.54, 1.807) is 6.07 Å². The van der Waals surface area contributed by atoms with Crippen molar-refractivity contribution in [2.45, 2.75) is 52.2 Å². The summed E-state index contributed by atoms with van der Waals surface area (Å²) >= 11 is 0. The van der Waals surface area contributed by atoms with Gasteiger partial charge in [-0.2, -0.15) is 0 Å². The van der Waals surface area contributed by atoms with Crippen LogP contribution in [0.2, 0.25) is 0 Å².